The normalized spacial score (nSPS) is 16.9. The smallest absolute Gasteiger partial charge is 0.256 e. The quantitative estimate of drug-likeness (QED) is 0.618. The number of nitrogens with zero attached hydrogens (tertiary/aromatic N) is 4. The molecular weight excluding hydrogens is 422 g/mol. The first-order valence-electron chi connectivity index (χ1n) is 10.8. The molecule has 1 N–H and O–H groups in total. The van der Waals surface area contributed by atoms with Gasteiger partial charge in [0.05, 0.1) is 11.3 Å². The van der Waals surface area contributed by atoms with Crippen molar-refractivity contribution in [3.8, 4) is 22.6 Å². The van der Waals surface area contributed by atoms with Crippen LogP contribution in [0.1, 0.15) is 41.4 Å². The number of pyridine rings is 1. The fourth-order valence-corrected chi connectivity index (χ4v) is 4.99. The highest BCUT2D eigenvalue weighted by Gasteiger charge is 2.39. The Balaban J connectivity index is 1.61. The second kappa shape index (κ2) is 7.55. The lowest BCUT2D eigenvalue weighted by Gasteiger charge is -2.24. The molecule has 5 rings (SSSR count). The summed E-state index contributed by atoms with van der Waals surface area (Å²) in [6.07, 6.45) is 9.07. The van der Waals surface area contributed by atoms with Gasteiger partial charge in [-0.1, -0.05) is 0 Å². The largest absolute Gasteiger partial charge is 0.341 e. The van der Waals surface area contributed by atoms with Gasteiger partial charge in [0, 0.05) is 52.9 Å². The van der Waals surface area contributed by atoms with Gasteiger partial charge in [-0.3, -0.25) is 9.78 Å². The van der Waals surface area contributed by atoms with Crippen LogP contribution in [0.25, 0.3) is 22.6 Å². The molecule has 0 unspecified atom stereocenters. The van der Waals surface area contributed by atoms with Crippen LogP contribution < -0.4 is 0 Å². The van der Waals surface area contributed by atoms with Crippen LogP contribution in [-0.2, 0) is 16.3 Å². The molecule has 0 spiro atoms. The second-order valence-corrected chi connectivity index (χ2v) is 11.7. The van der Waals surface area contributed by atoms with Crippen LogP contribution in [0, 0.1) is 12.8 Å². The summed E-state index contributed by atoms with van der Waals surface area (Å²) in [7, 11) is -2.43. The number of aromatic amines is 1. The summed E-state index contributed by atoms with van der Waals surface area (Å²) in [4.78, 5) is 27.3. The Morgan fingerprint density at radius 1 is 1.19 bits per heavy atom. The third-order valence-electron chi connectivity index (χ3n) is 6.17. The molecule has 1 fully saturated rings. The van der Waals surface area contributed by atoms with Gasteiger partial charge in [0.1, 0.15) is 5.69 Å². The van der Waals surface area contributed by atoms with Crippen LogP contribution >= 0.6 is 0 Å². The average molecular weight is 450 g/mol. The number of fused-ring (bicyclic) bond motifs is 1. The van der Waals surface area contributed by atoms with Gasteiger partial charge in [-0.2, -0.15) is 4.36 Å². The number of imidazole rings is 1. The molecule has 32 heavy (non-hydrogen) atoms. The molecule has 166 valence electrons. The van der Waals surface area contributed by atoms with E-state index < -0.39 is 9.73 Å². The first-order valence-corrected chi connectivity index (χ1v) is 13.2. The van der Waals surface area contributed by atoms with Crippen molar-refractivity contribution in [3.05, 3.63) is 53.5 Å². The minimum absolute atomic E-state index is 0.00479. The van der Waals surface area contributed by atoms with Gasteiger partial charge in [-0.25, -0.2) is 9.19 Å². The highest BCUT2D eigenvalue weighted by molar-refractivity contribution is 7.92. The molecule has 1 amide bonds. The predicted molar refractivity (Wildman–Crippen MR) is 126 cm³/mol. The van der Waals surface area contributed by atoms with Gasteiger partial charge in [-0.05, 0) is 73.6 Å². The molecule has 8 heteroatoms. The van der Waals surface area contributed by atoms with Gasteiger partial charge in [-0.15, -0.1) is 0 Å². The zero-order chi connectivity index (χ0) is 22.6. The van der Waals surface area contributed by atoms with Crippen LogP contribution in [0.15, 0.2) is 41.0 Å². The fourth-order valence-electron chi connectivity index (χ4n) is 4.38. The van der Waals surface area contributed by atoms with Crippen LogP contribution in [0.4, 0.5) is 5.69 Å². The SMILES string of the molecule is Cc1cnc(-c2cc(-c3cc4c(c(N=S(C)(C)=O)c3)C(=O)N([C@@H](C)C3CC3)C4)ccn2)[nH]1. The minimum Gasteiger partial charge on any atom is -0.341 e. The van der Waals surface area contributed by atoms with Crippen molar-refractivity contribution in [1.82, 2.24) is 19.9 Å². The van der Waals surface area contributed by atoms with E-state index in [0.717, 1.165) is 28.1 Å². The number of rotatable bonds is 5. The van der Waals surface area contributed by atoms with Crippen LogP contribution in [0.5, 0.6) is 0 Å². The number of aromatic nitrogens is 3. The number of H-pyrrole nitrogens is 1. The van der Waals surface area contributed by atoms with E-state index in [1.54, 1.807) is 24.9 Å². The Morgan fingerprint density at radius 2 is 1.97 bits per heavy atom. The summed E-state index contributed by atoms with van der Waals surface area (Å²) in [5.74, 6) is 1.28. The van der Waals surface area contributed by atoms with Crippen LogP contribution in [0.3, 0.4) is 0 Å². The van der Waals surface area contributed by atoms with E-state index in [4.69, 9.17) is 0 Å². The Kier molecular flexibility index (Phi) is 4.93. The number of aryl methyl sites for hydroxylation is 1. The first kappa shape index (κ1) is 20.9. The Labute approximate surface area is 188 Å². The number of nitrogens with one attached hydrogen (secondary N) is 1. The molecule has 0 bridgehead atoms. The molecule has 3 heterocycles. The maximum Gasteiger partial charge on any atom is 0.256 e. The molecule has 1 aliphatic carbocycles. The molecule has 2 aromatic heterocycles. The van der Waals surface area contributed by atoms with E-state index in [2.05, 4.69) is 32.3 Å². The number of carbonyl (C=O) groups is 1. The third kappa shape index (κ3) is 3.95. The molecule has 7 nitrogen and oxygen atoms in total. The van der Waals surface area contributed by atoms with Crippen LogP contribution in [0.2, 0.25) is 0 Å². The Bertz CT molecular complexity index is 1340. The summed E-state index contributed by atoms with van der Waals surface area (Å²) in [5.41, 5.74) is 5.62. The van der Waals surface area contributed by atoms with Crippen molar-refractivity contribution < 1.29 is 9.00 Å². The van der Waals surface area contributed by atoms with Crippen molar-refractivity contribution >= 4 is 21.3 Å². The molecule has 0 saturated heterocycles. The van der Waals surface area contributed by atoms with Gasteiger partial charge in [0.15, 0.2) is 5.82 Å². The summed E-state index contributed by atoms with van der Waals surface area (Å²) < 4.78 is 17.1. The Hall–Kier alpha value is -3.00. The molecule has 1 atom stereocenters. The second-order valence-electron chi connectivity index (χ2n) is 9.16. The first-order chi connectivity index (χ1) is 15.2. The van der Waals surface area contributed by atoms with E-state index in [-0.39, 0.29) is 11.9 Å². The number of hydrogen-bond donors (Lipinski definition) is 1. The molecule has 1 aromatic carbocycles. The topological polar surface area (TPSA) is 91.3 Å². The average Bonchev–Trinajstić information content (AvgIpc) is 3.41. The number of carbonyl (C=O) groups excluding carboxylic acids is 1. The number of benzene rings is 1. The Morgan fingerprint density at radius 3 is 2.62 bits per heavy atom. The molecule has 0 radical (unpaired) electrons. The molecular formula is C24H27N5O2S. The molecule has 1 aliphatic heterocycles. The molecule has 1 saturated carbocycles. The van der Waals surface area contributed by atoms with Gasteiger partial charge < -0.3 is 9.88 Å². The molecule has 3 aromatic rings. The molecule has 2 aliphatic rings. The van der Waals surface area contributed by atoms with Gasteiger partial charge in [0.25, 0.3) is 5.91 Å². The maximum absolute atomic E-state index is 13.3. The zero-order valence-corrected chi connectivity index (χ0v) is 19.6. The monoisotopic (exact) mass is 449 g/mol. The lowest BCUT2D eigenvalue weighted by atomic mass is 9.99. The van der Waals surface area contributed by atoms with Gasteiger partial charge >= 0.3 is 0 Å². The zero-order valence-electron chi connectivity index (χ0n) is 18.8. The lowest BCUT2D eigenvalue weighted by Crippen LogP contribution is -2.34. The van der Waals surface area contributed by atoms with Crippen molar-refractivity contribution in [1.29, 1.82) is 0 Å². The summed E-state index contributed by atoms with van der Waals surface area (Å²) in [5, 5.41) is 0. The van der Waals surface area contributed by atoms with E-state index >= 15 is 0 Å². The van der Waals surface area contributed by atoms with E-state index in [0.29, 0.717) is 29.5 Å². The van der Waals surface area contributed by atoms with Crippen molar-refractivity contribution in [2.75, 3.05) is 12.5 Å². The third-order valence-corrected chi connectivity index (χ3v) is 6.80. The summed E-state index contributed by atoms with van der Waals surface area (Å²) in [6.45, 7) is 4.64. The van der Waals surface area contributed by atoms with E-state index in [1.807, 2.05) is 30.0 Å². The van der Waals surface area contributed by atoms with Crippen molar-refractivity contribution in [2.45, 2.75) is 39.3 Å². The highest BCUT2D eigenvalue weighted by atomic mass is 32.2. The number of hydrogen-bond acceptors (Lipinski definition) is 5. The minimum atomic E-state index is -2.43. The summed E-state index contributed by atoms with van der Waals surface area (Å²) in [6, 6.07) is 8.04. The van der Waals surface area contributed by atoms with Gasteiger partial charge in [0.2, 0.25) is 0 Å². The van der Waals surface area contributed by atoms with E-state index in [1.165, 1.54) is 12.8 Å². The highest BCUT2D eigenvalue weighted by Crippen LogP contribution is 2.42. The van der Waals surface area contributed by atoms with Crippen molar-refractivity contribution in [2.24, 2.45) is 10.3 Å². The van der Waals surface area contributed by atoms with E-state index in [9.17, 15) is 9.00 Å². The number of amides is 1. The predicted octanol–water partition coefficient (Wildman–Crippen LogP) is 4.56. The summed E-state index contributed by atoms with van der Waals surface area (Å²) >= 11 is 0. The maximum atomic E-state index is 13.3. The fraction of sp³-hybridized carbons (Fsp3) is 0.375. The van der Waals surface area contributed by atoms with Crippen molar-refractivity contribution in [3.63, 3.8) is 0 Å². The lowest BCUT2D eigenvalue weighted by molar-refractivity contribution is 0.0698. The standard InChI is InChI=1S/C24H27N5O2S/c1-14-12-26-23(27-14)21-10-17(7-8-25-21)18-9-19-13-29(15(2)16-5-6-16)24(30)22(19)20(11-18)28-32(3,4)31/h7-12,15-16H,5-6,13H2,1-4H3,(H,26,27)/t15-/m0/s1. The van der Waals surface area contributed by atoms with Crippen LogP contribution in [-0.4, -0.2) is 48.5 Å².